The molecule has 0 aliphatic rings. The smallest absolute Gasteiger partial charge is 0.408 e. The number of aliphatic hydroxyl groups is 1. The van der Waals surface area contributed by atoms with E-state index in [4.69, 9.17) is 4.74 Å². The molecule has 0 fully saturated rings. The number of ether oxygens (including phenoxy) is 1. The van der Waals surface area contributed by atoms with Crippen LogP contribution in [0, 0.1) is 34.5 Å². The molecule has 0 aliphatic heterocycles. The Morgan fingerprint density at radius 2 is 1.55 bits per heavy atom. The molecular weight excluding hydrogens is 558 g/mol. The van der Waals surface area contributed by atoms with Gasteiger partial charge in [0.2, 0.25) is 11.8 Å². The monoisotopic (exact) mass is 603 g/mol. The van der Waals surface area contributed by atoms with Crippen LogP contribution in [0.1, 0.15) is 70.9 Å². The third-order valence-corrected chi connectivity index (χ3v) is 7.07. The van der Waals surface area contributed by atoms with Crippen LogP contribution in [-0.2, 0) is 27.4 Å². The molecule has 2 rings (SSSR count). The van der Waals surface area contributed by atoms with Crippen LogP contribution in [0.15, 0.2) is 60.7 Å². The lowest BCUT2D eigenvalue weighted by Gasteiger charge is -2.31. The first-order chi connectivity index (χ1) is 21.0. The standard InChI is InChI=1S/C34H45N5O5/c1-5-6-17-26(27(22-36)31(41)39-34(2,3)4)21-30(40)29(20-24-13-9-7-10-14-24)37-32(42)28(18-19-35)38-33(43)44-23-25-15-11-8-12-16-25/h7-16,26-30,40H,5-6,17-18,20-21,23H2,1-4H3,(H,37,42)(H,38,43)(H,39,41)/t26-,27-,28-,29-,30+/m0/s1. The van der Waals surface area contributed by atoms with E-state index < -0.39 is 53.5 Å². The summed E-state index contributed by atoms with van der Waals surface area (Å²) in [6.07, 6.45) is 0.174. The Morgan fingerprint density at radius 3 is 2.09 bits per heavy atom. The van der Waals surface area contributed by atoms with E-state index in [1.807, 2.05) is 82.3 Å². The van der Waals surface area contributed by atoms with Gasteiger partial charge in [0, 0.05) is 5.54 Å². The van der Waals surface area contributed by atoms with Crippen molar-refractivity contribution in [2.75, 3.05) is 0 Å². The number of hydrogen-bond acceptors (Lipinski definition) is 7. The van der Waals surface area contributed by atoms with E-state index in [0.717, 1.165) is 24.0 Å². The van der Waals surface area contributed by atoms with E-state index >= 15 is 0 Å². The van der Waals surface area contributed by atoms with E-state index in [9.17, 15) is 30.0 Å². The van der Waals surface area contributed by atoms with E-state index in [1.165, 1.54) is 0 Å². The van der Waals surface area contributed by atoms with Gasteiger partial charge in [-0.2, -0.15) is 10.5 Å². The highest BCUT2D eigenvalue weighted by Crippen LogP contribution is 2.27. The molecule has 2 aromatic rings. The molecule has 0 saturated carbocycles. The quantitative estimate of drug-likeness (QED) is 0.219. The molecule has 0 aromatic heterocycles. The Kier molecular flexibility index (Phi) is 14.9. The van der Waals surface area contributed by atoms with Crippen molar-refractivity contribution < 1.29 is 24.2 Å². The molecule has 10 heteroatoms. The van der Waals surface area contributed by atoms with Gasteiger partial charge in [0.05, 0.1) is 30.7 Å². The number of rotatable bonds is 16. The first-order valence-electron chi connectivity index (χ1n) is 15.1. The van der Waals surface area contributed by atoms with Crippen molar-refractivity contribution in [1.82, 2.24) is 16.0 Å². The molecule has 0 radical (unpaired) electrons. The molecule has 0 saturated heterocycles. The number of nitriles is 2. The van der Waals surface area contributed by atoms with E-state index in [1.54, 1.807) is 12.1 Å². The molecule has 10 nitrogen and oxygen atoms in total. The number of hydrogen-bond donors (Lipinski definition) is 4. The predicted molar refractivity (Wildman–Crippen MR) is 166 cm³/mol. The summed E-state index contributed by atoms with van der Waals surface area (Å²) < 4.78 is 5.23. The van der Waals surface area contributed by atoms with Gasteiger partial charge < -0.3 is 25.8 Å². The van der Waals surface area contributed by atoms with Gasteiger partial charge in [-0.3, -0.25) is 9.59 Å². The second-order valence-electron chi connectivity index (χ2n) is 12.0. The number of alkyl carbamates (subject to hydrolysis) is 1. The molecule has 0 bridgehead atoms. The van der Waals surface area contributed by atoms with Crippen molar-refractivity contribution in [3.8, 4) is 12.1 Å². The highest BCUT2D eigenvalue weighted by atomic mass is 16.5. The minimum absolute atomic E-state index is 0.00902. The molecule has 3 amide bonds. The molecule has 0 unspecified atom stereocenters. The number of carbonyl (C=O) groups is 3. The summed E-state index contributed by atoms with van der Waals surface area (Å²) in [5, 5.41) is 39.0. The summed E-state index contributed by atoms with van der Waals surface area (Å²) in [6.45, 7) is 7.51. The van der Waals surface area contributed by atoms with Crippen LogP contribution in [0.4, 0.5) is 4.79 Å². The topological polar surface area (TPSA) is 164 Å². The molecule has 236 valence electrons. The van der Waals surface area contributed by atoms with Crippen molar-refractivity contribution in [2.45, 2.75) is 96.6 Å². The average molecular weight is 604 g/mol. The van der Waals surface area contributed by atoms with Gasteiger partial charge in [0.1, 0.15) is 18.6 Å². The van der Waals surface area contributed by atoms with Gasteiger partial charge in [0.25, 0.3) is 0 Å². The third kappa shape index (κ3) is 12.8. The summed E-state index contributed by atoms with van der Waals surface area (Å²) >= 11 is 0. The summed E-state index contributed by atoms with van der Waals surface area (Å²) in [5.74, 6) is -2.51. The second kappa shape index (κ2) is 18.3. The molecule has 5 atom stereocenters. The van der Waals surface area contributed by atoms with Crippen molar-refractivity contribution >= 4 is 17.9 Å². The maximum Gasteiger partial charge on any atom is 0.408 e. The Balaban J connectivity index is 2.23. The minimum atomic E-state index is -1.23. The van der Waals surface area contributed by atoms with Crippen LogP contribution >= 0.6 is 0 Å². The maximum atomic E-state index is 13.4. The Hall–Kier alpha value is -4.41. The normalized spacial score (nSPS) is 14.4. The number of carbonyl (C=O) groups excluding carboxylic acids is 3. The summed E-state index contributed by atoms with van der Waals surface area (Å²) in [6, 6.07) is 20.3. The second-order valence-corrected chi connectivity index (χ2v) is 12.0. The fourth-order valence-corrected chi connectivity index (χ4v) is 4.83. The lowest BCUT2D eigenvalue weighted by atomic mass is 9.81. The van der Waals surface area contributed by atoms with Gasteiger partial charge in [-0.05, 0) is 57.1 Å². The maximum absolute atomic E-state index is 13.4. The SMILES string of the molecule is CCCC[C@@H](C[C@@H](O)[C@H](Cc1ccccc1)NC(=O)[C@H](CC#N)NC(=O)OCc1ccccc1)[C@H](C#N)C(=O)NC(C)(C)C. The van der Waals surface area contributed by atoms with Crippen molar-refractivity contribution in [3.63, 3.8) is 0 Å². The Morgan fingerprint density at radius 1 is 0.932 bits per heavy atom. The number of nitrogens with one attached hydrogen (secondary N) is 3. The Labute approximate surface area is 260 Å². The molecule has 2 aromatic carbocycles. The first kappa shape index (κ1) is 35.8. The lowest BCUT2D eigenvalue weighted by molar-refractivity contribution is -0.127. The number of benzene rings is 2. The van der Waals surface area contributed by atoms with Crippen molar-refractivity contribution in [2.24, 2.45) is 11.8 Å². The molecule has 0 aliphatic carbocycles. The van der Waals surface area contributed by atoms with Crippen LogP contribution in [0.3, 0.4) is 0 Å². The molecule has 0 heterocycles. The molecular formula is C34H45N5O5. The molecule has 0 spiro atoms. The summed E-state index contributed by atoms with van der Waals surface area (Å²) in [7, 11) is 0. The van der Waals surface area contributed by atoms with Gasteiger partial charge in [-0.25, -0.2) is 4.79 Å². The zero-order chi connectivity index (χ0) is 32.5. The fourth-order valence-electron chi connectivity index (χ4n) is 4.83. The first-order valence-corrected chi connectivity index (χ1v) is 15.1. The van der Waals surface area contributed by atoms with E-state index in [2.05, 4.69) is 22.0 Å². The van der Waals surface area contributed by atoms with E-state index in [0.29, 0.717) is 6.42 Å². The van der Waals surface area contributed by atoms with Gasteiger partial charge in [0.15, 0.2) is 0 Å². The fraction of sp³-hybridized carbons (Fsp3) is 0.500. The summed E-state index contributed by atoms with van der Waals surface area (Å²) in [5.41, 5.74) is 1.07. The van der Waals surface area contributed by atoms with Gasteiger partial charge >= 0.3 is 6.09 Å². The number of amides is 3. The van der Waals surface area contributed by atoms with Crippen molar-refractivity contribution in [1.29, 1.82) is 10.5 Å². The largest absolute Gasteiger partial charge is 0.445 e. The summed E-state index contributed by atoms with van der Waals surface area (Å²) in [4.78, 5) is 38.9. The van der Waals surface area contributed by atoms with Crippen LogP contribution in [0.5, 0.6) is 0 Å². The van der Waals surface area contributed by atoms with Crippen LogP contribution in [-0.4, -0.2) is 46.7 Å². The highest BCUT2D eigenvalue weighted by Gasteiger charge is 2.35. The van der Waals surface area contributed by atoms with Crippen molar-refractivity contribution in [3.05, 3.63) is 71.8 Å². The van der Waals surface area contributed by atoms with Gasteiger partial charge in [-0.1, -0.05) is 80.4 Å². The molecule has 4 N–H and O–H groups in total. The van der Waals surface area contributed by atoms with Gasteiger partial charge in [-0.15, -0.1) is 0 Å². The highest BCUT2D eigenvalue weighted by molar-refractivity contribution is 5.86. The zero-order valence-electron chi connectivity index (χ0n) is 26.1. The minimum Gasteiger partial charge on any atom is -0.445 e. The third-order valence-electron chi connectivity index (χ3n) is 7.07. The Bertz CT molecular complexity index is 1270. The van der Waals surface area contributed by atoms with Crippen LogP contribution in [0.25, 0.3) is 0 Å². The van der Waals surface area contributed by atoms with Crippen LogP contribution < -0.4 is 16.0 Å². The van der Waals surface area contributed by atoms with E-state index in [-0.39, 0.29) is 25.9 Å². The zero-order valence-corrected chi connectivity index (χ0v) is 26.1. The van der Waals surface area contributed by atoms with Crippen LogP contribution in [0.2, 0.25) is 0 Å². The lowest BCUT2D eigenvalue weighted by Crippen LogP contribution is -2.53. The number of unbranched alkanes of at least 4 members (excludes halogenated alkanes) is 1. The molecule has 44 heavy (non-hydrogen) atoms. The number of nitrogens with zero attached hydrogens (tertiary/aromatic N) is 2. The predicted octanol–water partition coefficient (Wildman–Crippen LogP) is 4.53. The average Bonchev–Trinajstić information content (AvgIpc) is 2.98. The number of aliphatic hydroxyl groups excluding tert-OH is 1.